The molecule has 1 aliphatic carbocycles. The number of hydrogen-bond acceptors (Lipinski definition) is 2. The zero-order valence-electron chi connectivity index (χ0n) is 10.4. The molecule has 0 radical (unpaired) electrons. The van der Waals surface area contributed by atoms with Crippen molar-refractivity contribution in [2.75, 3.05) is 0 Å². The van der Waals surface area contributed by atoms with Crippen LogP contribution in [0.15, 0.2) is 24.3 Å². The highest BCUT2D eigenvalue weighted by Gasteiger charge is 2.18. The molecule has 90 valence electrons. The van der Waals surface area contributed by atoms with E-state index in [9.17, 15) is 0 Å². The van der Waals surface area contributed by atoms with Crippen molar-refractivity contribution >= 4 is 0 Å². The van der Waals surface area contributed by atoms with E-state index in [1.165, 1.54) is 37.7 Å². The molecule has 0 spiro atoms. The van der Waals surface area contributed by atoms with Crippen LogP contribution in [0.1, 0.15) is 38.2 Å². The first-order chi connectivity index (χ1) is 8.28. The second kappa shape index (κ2) is 5.72. The Morgan fingerprint density at radius 2 is 1.82 bits per heavy atom. The van der Waals surface area contributed by atoms with Crippen molar-refractivity contribution in [3.05, 3.63) is 29.8 Å². The van der Waals surface area contributed by atoms with Crippen molar-refractivity contribution in [1.82, 2.24) is 0 Å². The van der Waals surface area contributed by atoms with Gasteiger partial charge in [0, 0.05) is 0 Å². The Morgan fingerprint density at radius 3 is 2.41 bits per heavy atom. The Kier molecular flexibility index (Phi) is 4.03. The first-order valence-electron chi connectivity index (χ1n) is 6.43. The van der Waals surface area contributed by atoms with Crippen LogP contribution in [-0.2, 0) is 6.42 Å². The van der Waals surface area contributed by atoms with Crippen molar-refractivity contribution in [3.8, 4) is 12.0 Å². The molecule has 1 fully saturated rings. The van der Waals surface area contributed by atoms with Gasteiger partial charge in [-0.05, 0) is 48.8 Å². The van der Waals surface area contributed by atoms with Gasteiger partial charge in [-0.3, -0.25) is 0 Å². The van der Waals surface area contributed by atoms with Gasteiger partial charge in [0.25, 0.3) is 6.26 Å². The summed E-state index contributed by atoms with van der Waals surface area (Å²) in [4.78, 5) is 0. The molecule has 1 aromatic carbocycles. The summed E-state index contributed by atoms with van der Waals surface area (Å²) in [5.41, 5.74) is 1.36. The standard InChI is InChI=1S/C15H19NO/c1-12-2-4-13(5-3-12)10-14-6-8-15(9-7-14)17-11-16/h6-9,12-13H,2-5,10H2,1H3. The molecule has 17 heavy (non-hydrogen) atoms. The third kappa shape index (κ3) is 3.49. The number of nitrogens with zero attached hydrogens (tertiary/aromatic N) is 1. The van der Waals surface area contributed by atoms with E-state index < -0.39 is 0 Å². The van der Waals surface area contributed by atoms with Crippen LogP contribution in [0.5, 0.6) is 5.75 Å². The molecule has 2 nitrogen and oxygen atoms in total. The number of nitriles is 1. The summed E-state index contributed by atoms with van der Waals surface area (Å²) in [7, 11) is 0. The highest BCUT2D eigenvalue weighted by Crippen LogP contribution is 2.30. The van der Waals surface area contributed by atoms with E-state index in [2.05, 4.69) is 19.1 Å². The summed E-state index contributed by atoms with van der Waals surface area (Å²) in [6, 6.07) is 7.91. The lowest BCUT2D eigenvalue weighted by Gasteiger charge is -2.26. The maximum Gasteiger partial charge on any atom is 0.292 e. The van der Waals surface area contributed by atoms with Crippen LogP contribution in [0.4, 0.5) is 0 Å². The minimum Gasteiger partial charge on any atom is -0.388 e. The molecule has 0 saturated heterocycles. The third-order valence-electron chi connectivity index (χ3n) is 3.75. The highest BCUT2D eigenvalue weighted by molar-refractivity contribution is 5.28. The van der Waals surface area contributed by atoms with E-state index in [0.29, 0.717) is 5.75 Å². The van der Waals surface area contributed by atoms with Gasteiger partial charge >= 0.3 is 0 Å². The van der Waals surface area contributed by atoms with Crippen molar-refractivity contribution in [2.24, 2.45) is 11.8 Å². The molecule has 0 bridgehead atoms. The van der Waals surface area contributed by atoms with Gasteiger partial charge in [0.2, 0.25) is 0 Å². The second-order valence-corrected chi connectivity index (χ2v) is 5.17. The fourth-order valence-electron chi connectivity index (χ4n) is 2.61. The van der Waals surface area contributed by atoms with Gasteiger partial charge in [-0.15, -0.1) is 5.26 Å². The molecule has 1 aromatic rings. The Morgan fingerprint density at radius 1 is 1.18 bits per heavy atom. The molecule has 0 unspecified atom stereocenters. The zero-order valence-corrected chi connectivity index (χ0v) is 10.4. The molecule has 0 N–H and O–H groups in total. The molecule has 0 heterocycles. The van der Waals surface area contributed by atoms with E-state index in [1.807, 2.05) is 12.1 Å². The number of hydrogen-bond donors (Lipinski definition) is 0. The van der Waals surface area contributed by atoms with Gasteiger partial charge < -0.3 is 4.74 Å². The van der Waals surface area contributed by atoms with Crippen LogP contribution in [0, 0.1) is 23.4 Å². The highest BCUT2D eigenvalue weighted by atomic mass is 16.5. The van der Waals surface area contributed by atoms with E-state index in [1.54, 1.807) is 6.26 Å². The Labute approximate surface area is 103 Å². The fourth-order valence-corrected chi connectivity index (χ4v) is 2.61. The van der Waals surface area contributed by atoms with Gasteiger partial charge in [-0.1, -0.05) is 31.9 Å². The second-order valence-electron chi connectivity index (χ2n) is 5.17. The predicted molar refractivity (Wildman–Crippen MR) is 67.5 cm³/mol. The summed E-state index contributed by atoms with van der Waals surface area (Å²) in [6.07, 6.45) is 8.32. The average molecular weight is 229 g/mol. The van der Waals surface area contributed by atoms with Gasteiger partial charge in [0.1, 0.15) is 5.75 Å². The normalized spacial score (nSPS) is 24.0. The monoisotopic (exact) mass is 229 g/mol. The minimum absolute atomic E-state index is 0.633. The molecule has 1 saturated carbocycles. The Balaban J connectivity index is 1.88. The van der Waals surface area contributed by atoms with E-state index in [4.69, 9.17) is 10.00 Å². The smallest absolute Gasteiger partial charge is 0.292 e. The van der Waals surface area contributed by atoms with Crippen LogP contribution < -0.4 is 4.74 Å². The topological polar surface area (TPSA) is 33.0 Å². The third-order valence-corrected chi connectivity index (χ3v) is 3.75. The first kappa shape index (κ1) is 12.0. The Hall–Kier alpha value is -1.49. The molecular formula is C15H19NO. The maximum atomic E-state index is 8.40. The van der Waals surface area contributed by atoms with Crippen molar-refractivity contribution in [3.63, 3.8) is 0 Å². The summed E-state index contributed by atoms with van der Waals surface area (Å²) in [6.45, 7) is 2.35. The maximum absolute atomic E-state index is 8.40. The average Bonchev–Trinajstić information content (AvgIpc) is 2.35. The molecule has 1 aliphatic rings. The SMILES string of the molecule is CC1CCC(Cc2ccc(OC#N)cc2)CC1. The number of rotatable bonds is 3. The summed E-state index contributed by atoms with van der Waals surface area (Å²) >= 11 is 0. The van der Waals surface area contributed by atoms with Crippen molar-refractivity contribution < 1.29 is 4.74 Å². The van der Waals surface area contributed by atoms with Crippen LogP contribution in [0.2, 0.25) is 0 Å². The molecule has 0 aliphatic heterocycles. The fraction of sp³-hybridized carbons (Fsp3) is 0.533. The van der Waals surface area contributed by atoms with Gasteiger partial charge in [0.05, 0.1) is 0 Å². The molecule has 2 heteroatoms. The summed E-state index contributed by atoms with van der Waals surface area (Å²) in [5, 5.41) is 8.40. The van der Waals surface area contributed by atoms with Crippen LogP contribution in [0.25, 0.3) is 0 Å². The van der Waals surface area contributed by atoms with Crippen molar-refractivity contribution in [2.45, 2.75) is 39.0 Å². The predicted octanol–water partition coefficient (Wildman–Crippen LogP) is 3.92. The summed E-state index contributed by atoms with van der Waals surface area (Å²) in [5.74, 6) is 2.39. The lowest BCUT2D eigenvalue weighted by Crippen LogP contribution is -2.14. The first-order valence-corrected chi connectivity index (χ1v) is 6.43. The van der Waals surface area contributed by atoms with E-state index in [-0.39, 0.29) is 0 Å². The van der Waals surface area contributed by atoms with Crippen LogP contribution in [0.3, 0.4) is 0 Å². The lowest BCUT2D eigenvalue weighted by atomic mass is 9.80. The summed E-state index contributed by atoms with van der Waals surface area (Å²) < 4.78 is 4.77. The van der Waals surface area contributed by atoms with E-state index in [0.717, 1.165) is 11.8 Å². The van der Waals surface area contributed by atoms with Crippen molar-refractivity contribution in [1.29, 1.82) is 5.26 Å². The number of benzene rings is 1. The van der Waals surface area contributed by atoms with E-state index >= 15 is 0 Å². The molecular weight excluding hydrogens is 210 g/mol. The quantitative estimate of drug-likeness (QED) is 0.736. The largest absolute Gasteiger partial charge is 0.388 e. The number of ether oxygens (including phenoxy) is 1. The molecule has 0 atom stereocenters. The molecule has 0 amide bonds. The molecule has 2 rings (SSSR count). The molecule has 0 aromatic heterocycles. The van der Waals surface area contributed by atoms with Crippen LogP contribution in [-0.4, -0.2) is 0 Å². The van der Waals surface area contributed by atoms with Crippen LogP contribution >= 0.6 is 0 Å². The zero-order chi connectivity index (χ0) is 12.1. The van der Waals surface area contributed by atoms with Gasteiger partial charge in [0.15, 0.2) is 0 Å². The van der Waals surface area contributed by atoms with Gasteiger partial charge in [-0.2, -0.15) is 0 Å². The van der Waals surface area contributed by atoms with Gasteiger partial charge in [-0.25, -0.2) is 0 Å². The lowest BCUT2D eigenvalue weighted by molar-refractivity contribution is 0.289. The Bertz CT molecular complexity index is 382. The minimum atomic E-state index is 0.633.